The van der Waals surface area contributed by atoms with Gasteiger partial charge in [-0.2, -0.15) is 0 Å². The van der Waals surface area contributed by atoms with E-state index in [9.17, 15) is 4.79 Å². The molecule has 4 aromatic rings. The van der Waals surface area contributed by atoms with Gasteiger partial charge in [-0.3, -0.25) is 9.20 Å². The molecular formula is C17H12ClN5OS. The second-order valence-electron chi connectivity index (χ2n) is 5.26. The normalized spacial score (nSPS) is 11.1. The number of hydrogen-bond acceptors (Lipinski definition) is 5. The summed E-state index contributed by atoms with van der Waals surface area (Å²) in [5.41, 5.74) is 2.02. The zero-order valence-corrected chi connectivity index (χ0v) is 14.5. The van der Waals surface area contributed by atoms with Crippen LogP contribution in [0.5, 0.6) is 0 Å². The molecule has 0 fully saturated rings. The third-order valence-electron chi connectivity index (χ3n) is 3.52. The van der Waals surface area contributed by atoms with Crippen LogP contribution in [0.3, 0.4) is 0 Å². The molecule has 0 atom stereocenters. The van der Waals surface area contributed by atoms with Crippen molar-refractivity contribution >= 4 is 29.0 Å². The van der Waals surface area contributed by atoms with Crippen LogP contribution in [0.25, 0.3) is 11.3 Å². The Bertz CT molecular complexity index is 1090. The lowest BCUT2D eigenvalue weighted by Crippen LogP contribution is -2.15. The summed E-state index contributed by atoms with van der Waals surface area (Å²) in [5.74, 6) is 0.507. The lowest BCUT2D eigenvalue weighted by Gasteiger charge is -2.03. The van der Waals surface area contributed by atoms with Gasteiger partial charge in [-0.25, -0.2) is 14.6 Å². The van der Waals surface area contributed by atoms with Gasteiger partial charge in [0.05, 0.1) is 16.4 Å². The summed E-state index contributed by atoms with van der Waals surface area (Å²) < 4.78 is 3.14. The maximum absolute atomic E-state index is 12.2. The Hall–Kier alpha value is -2.64. The van der Waals surface area contributed by atoms with Crippen LogP contribution in [0.15, 0.2) is 71.0 Å². The summed E-state index contributed by atoms with van der Waals surface area (Å²) in [6.07, 6.45) is 3.23. The molecule has 0 saturated heterocycles. The average molecular weight is 370 g/mol. The largest absolute Gasteiger partial charge is 0.269 e. The highest BCUT2D eigenvalue weighted by Crippen LogP contribution is 2.19. The van der Waals surface area contributed by atoms with Crippen LogP contribution >= 0.6 is 23.4 Å². The molecule has 0 spiro atoms. The highest BCUT2D eigenvalue weighted by Gasteiger charge is 2.07. The molecule has 1 aromatic carbocycles. The highest BCUT2D eigenvalue weighted by molar-refractivity contribution is 7.98. The van der Waals surface area contributed by atoms with Crippen molar-refractivity contribution in [2.75, 3.05) is 0 Å². The van der Waals surface area contributed by atoms with E-state index in [0.29, 0.717) is 27.3 Å². The van der Waals surface area contributed by atoms with Crippen LogP contribution in [0.2, 0.25) is 5.02 Å². The number of nitrogens with zero attached hydrogens (tertiary/aromatic N) is 5. The van der Waals surface area contributed by atoms with E-state index in [2.05, 4.69) is 15.1 Å². The number of para-hydroxylation sites is 1. The SMILES string of the molecule is O=c1cc(CSc2ncn(-c3ccccc3)n2)nc2ccc(Cl)cn12. The van der Waals surface area contributed by atoms with Gasteiger partial charge in [0.1, 0.15) is 12.0 Å². The molecule has 4 rings (SSSR count). The molecule has 0 N–H and O–H groups in total. The van der Waals surface area contributed by atoms with Gasteiger partial charge in [0, 0.05) is 18.0 Å². The summed E-state index contributed by atoms with van der Waals surface area (Å²) in [7, 11) is 0. The third kappa shape index (κ3) is 3.42. The molecule has 0 saturated carbocycles. The maximum Gasteiger partial charge on any atom is 0.258 e. The number of thioether (sulfide) groups is 1. The van der Waals surface area contributed by atoms with E-state index >= 15 is 0 Å². The highest BCUT2D eigenvalue weighted by atomic mass is 35.5. The Balaban J connectivity index is 1.54. The Kier molecular flexibility index (Phi) is 4.25. The molecule has 0 unspecified atom stereocenters. The molecule has 0 amide bonds. The standard InChI is InChI=1S/C17H12ClN5OS/c18-12-6-7-15-20-13(8-16(24)22(15)9-12)10-25-17-19-11-23(21-17)14-4-2-1-3-5-14/h1-9,11H,10H2. The van der Waals surface area contributed by atoms with Gasteiger partial charge in [0.25, 0.3) is 5.56 Å². The molecule has 0 aliphatic heterocycles. The number of fused-ring (bicyclic) bond motifs is 1. The fourth-order valence-electron chi connectivity index (χ4n) is 2.36. The Morgan fingerprint density at radius 3 is 2.80 bits per heavy atom. The first-order chi connectivity index (χ1) is 12.2. The van der Waals surface area contributed by atoms with Crippen molar-refractivity contribution in [3.63, 3.8) is 0 Å². The number of benzene rings is 1. The van der Waals surface area contributed by atoms with E-state index in [-0.39, 0.29) is 5.56 Å². The Morgan fingerprint density at radius 1 is 1.12 bits per heavy atom. The monoisotopic (exact) mass is 369 g/mol. The number of rotatable bonds is 4. The van der Waals surface area contributed by atoms with Crippen LogP contribution in [0, 0.1) is 0 Å². The summed E-state index contributed by atoms with van der Waals surface area (Å²) in [4.78, 5) is 20.9. The third-order valence-corrected chi connectivity index (χ3v) is 4.63. The van der Waals surface area contributed by atoms with Crippen LogP contribution in [0.1, 0.15) is 5.69 Å². The topological polar surface area (TPSA) is 65.1 Å². The maximum atomic E-state index is 12.2. The molecular weight excluding hydrogens is 358 g/mol. The first-order valence-electron chi connectivity index (χ1n) is 7.47. The first kappa shape index (κ1) is 15.9. The molecule has 0 aliphatic carbocycles. The first-order valence-corrected chi connectivity index (χ1v) is 8.83. The van der Waals surface area contributed by atoms with Crippen molar-refractivity contribution in [1.82, 2.24) is 24.1 Å². The van der Waals surface area contributed by atoms with E-state index < -0.39 is 0 Å². The van der Waals surface area contributed by atoms with Crippen LogP contribution in [0.4, 0.5) is 0 Å². The van der Waals surface area contributed by atoms with Crippen molar-refractivity contribution in [3.05, 3.63) is 82.1 Å². The second kappa shape index (κ2) is 6.70. The lowest BCUT2D eigenvalue weighted by atomic mass is 10.3. The van der Waals surface area contributed by atoms with Gasteiger partial charge in [0.2, 0.25) is 5.16 Å². The van der Waals surface area contributed by atoms with Gasteiger partial charge in [0.15, 0.2) is 0 Å². The predicted octanol–water partition coefficient (Wildman–Crippen LogP) is 3.22. The van der Waals surface area contributed by atoms with Gasteiger partial charge in [-0.15, -0.1) is 5.10 Å². The number of pyridine rings is 1. The average Bonchev–Trinajstić information content (AvgIpc) is 3.10. The van der Waals surface area contributed by atoms with E-state index in [0.717, 1.165) is 5.69 Å². The summed E-state index contributed by atoms with van der Waals surface area (Å²) in [5, 5.41) is 5.55. The number of aromatic nitrogens is 5. The molecule has 6 nitrogen and oxygen atoms in total. The van der Waals surface area contributed by atoms with Crippen molar-refractivity contribution in [1.29, 1.82) is 0 Å². The van der Waals surface area contributed by atoms with Crippen molar-refractivity contribution in [2.24, 2.45) is 0 Å². The molecule has 0 bridgehead atoms. The Labute approximate surface area is 152 Å². The van der Waals surface area contributed by atoms with Crippen molar-refractivity contribution in [3.8, 4) is 5.69 Å². The van der Waals surface area contributed by atoms with Gasteiger partial charge in [-0.1, -0.05) is 41.6 Å². The van der Waals surface area contributed by atoms with Crippen molar-refractivity contribution < 1.29 is 0 Å². The zero-order valence-electron chi connectivity index (χ0n) is 12.9. The van der Waals surface area contributed by atoms with Gasteiger partial charge in [-0.05, 0) is 24.3 Å². The number of halogens is 1. The minimum Gasteiger partial charge on any atom is -0.269 e. The lowest BCUT2D eigenvalue weighted by molar-refractivity contribution is 0.834. The van der Waals surface area contributed by atoms with Crippen LogP contribution in [-0.4, -0.2) is 24.1 Å². The van der Waals surface area contributed by atoms with Gasteiger partial charge < -0.3 is 0 Å². The minimum atomic E-state index is -0.161. The van der Waals surface area contributed by atoms with Crippen LogP contribution < -0.4 is 5.56 Å². The molecule has 0 radical (unpaired) electrons. The van der Waals surface area contributed by atoms with E-state index in [4.69, 9.17) is 11.6 Å². The van der Waals surface area contributed by atoms with E-state index in [1.807, 2.05) is 30.3 Å². The van der Waals surface area contributed by atoms with E-state index in [1.54, 1.807) is 29.3 Å². The summed E-state index contributed by atoms with van der Waals surface area (Å²) in [6.45, 7) is 0. The minimum absolute atomic E-state index is 0.161. The van der Waals surface area contributed by atoms with Crippen LogP contribution in [-0.2, 0) is 5.75 Å². The molecule has 0 aliphatic rings. The van der Waals surface area contributed by atoms with Crippen molar-refractivity contribution in [2.45, 2.75) is 10.9 Å². The molecule has 124 valence electrons. The zero-order chi connectivity index (χ0) is 17.2. The molecule has 3 aromatic heterocycles. The predicted molar refractivity (Wildman–Crippen MR) is 97.4 cm³/mol. The second-order valence-corrected chi connectivity index (χ2v) is 6.64. The van der Waals surface area contributed by atoms with E-state index in [1.165, 1.54) is 22.2 Å². The molecule has 25 heavy (non-hydrogen) atoms. The molecule has 8 heteroatoms. The summed E-state index contributed by atoms with van der Waals surface area (Å²) >= 11 is 7.34. The summed E-state index contributed by atoms with van der Waals surface area (Å²) in [6, 6.07) is 14.7. The Morgan fingerprint density at radius 2 is 1.96 bits per heavy atom. The smallest absolute Gasteiger partial charge is 0.258 e. The number of hydrogen-bond donors (Lipinski definition) is 0. The quantitative estimate of drug-likeness (QED) is 0.517. The fraction of sp³-hybridized carbons (Fsp3) is 0.0588. The molecule has 3 heterocycles. The fourth-order valence-corrected chi connectivity index (χ4v) is 3.21. The van der Waals surface area contributed by atoms with Gasteiger partial charge >= 0.3 is 0 Å².